The van der Waals surface area contributed by atoms with Gasteiger partial charge in [0.15, 0.2) is 0 Å². The molecule has 0 amide bonds. The molecule has 0 rings (SSSR count). The van der Waals surface area contributed by atoms with Crippen LogP contribution in [0.2, 0.25) is 0 Å². The van der Waals surface area contributed by atoms with Gasteiger partial charge in [0.1, 0.15) is 0 Å². The predicted octanol–water partition coefficient (Wildman–Crippen LogP) is 0.954. The Hall–Kier alpha value is -0.120. The molecule has 0 radical (unpaired) electrons. The van der Waals surface area contributed by atoms with Crippen LogP contribution in [0.5, 0.6) is 0 Å². The third-order valence-corrected chi connectivity index (χ3v) is 2.04. The van der Waals surface area contributed by atoms with E-state index < -0.39 is 0 Å². The van der Waals surface area contributed by atoms with Crippen molar-refractivity contribution in [2.45, 2.75) is 19.8 Å². The molecule has 0 atom stereocenters. The zero-order valence-corrected chi connectivity index (χ0v) is 9.31. The van der Waals surface area contributed by atoms with E-state index in [-0.39, 0.29) is 0 Å². The zero-order chi connectivity index (χ0) is 9.94. The monoisotopic (exact) mass is 188 g/mol. The first-order valence-electron chi connectivity index (χ1n) is 5.21. The molecule has 0 aliphatic rings. The first-order chi connectivity index (χ1) is 6.35. The average Bonchev–Trinajstić information content (AvgIpc) is 2.14. The number of ether oxygens (including phenoxy) is 1. The molecule has 0 unspecified atom stereocenters. The highest BCUT2D eigenvalue weighted by atomic mass is 16.5. The second kappa shape index (κ2) is 9.96. The van der Waals surface area contributed by atoms with E-state index >= 15 is 0 Å². The number of hydrogen-bond acceptors (Lipinski definition) is 3. The number of likely N-dealkylation sites (N-methyl/N-ethyl adjacent to an activating group) is 1. The molecule has 0 aliphatic carbocycles. The maximum atomic E-state index is 5.03. The van der Waals surface area contributed by atoms with Gasteiger partial charge in [-0.1, -0.05) is 6.92 Å². The average molecular weight is 188 g/mol. The molecule has 13 heavy (non-hydrogen) atoms. The molecule has 0 fully saturated rings. The molecule has 0 aromatic rings. The molecule has 3 heteroatoms. The molecule has 0 bridgehead atoms. The van der Waals surface area contributed by atoms with E-state index in [0.717, 1.165) is 32.7 Å². The van der Waals surface area contributed by atoms with Crippen LogP contribution in [0.4, 0.5) is 0 Å². The molecule has 0 saturated carbocycles. The van der Waals surface area contributed by atoms with E-state index in [0.29, 0.717) is 0 Å². The molecule has 0 aromatic heterocycles. The van der Waals surface area contributed by atoms with Gasteiger partial charge in [-0.25, -0.2) is 0 Å². The van der Waals surface area contributed by atoms with E-state index in [9.17, 15) is 0 Å². The Kier molecular flexibility index (Phi) is 9.87. The topological polar surface area (TPSA) is 24.5 Å². The van der Waals surface area contributed by atoms with Crippen LogP contribution in [0, 0.1) is 0 Å². The van der Waals surface area contributed by atoms with E-state index in [1.54, 1.807) is 7.11 Å². The molecule has 3 nitrogen and oxygen atoms in total. The van der Waals surface area contributed by atoms with Gasteiger partial charge in [0.05, 0.1) is 0 Å². The normalized spacial score (nSPS) is 11.1. The van der Waals surface area contributed by atoms with Crippen molar-refractivity contribution in [3.05, 3.63) is 0 Å². The first kappa shape index (κ1) is 12.9. The van der Waals surface area contributed by atoms with Crippen molar-refractivity contribution in [1.29, 1.82) is 0 Å². The summed E-state index contributed by atoms with van der Waals surface area (Å²) in [4.78, 5) is 2.48. The first-order valence-corrected chi connectivity index (χ1v) is 5.21. The van der Waals surface area contributed by atoms with Crippen LogP contribution in [0.1, 0.15) is 19.8 Å². The second-order valence-corrected chi connectivity index (χ2v) is 3.29. The molecule has 0 spiro atoms. The summed E-state index contributed by atoms with van der Waals surface area (Å²) < 4.78 is 5.03. The van der Waals surface area contributed by atoms with Gasteiger partial charge in [0, 0.05) is 33.4 Å². The largest absolute Gasteiger partial charge is 0.385 e. The Morgan fingerprint density at radius 3 is 2.54 bits per heavy atom. The smallest absolute Gasteiger partial charge is 0.0474 e. The van der Waals surface area contributed by atoms with Gasteiger partial charge in [-0.2, -0.15) is 0 Å². The summed E-state index contributed by atoms with van der Waals surface area (Å²) in [5.41, 5.74) is 0. The van der Waals surface area contributed by atoms with Gasteiger partial charge in [-0.15, -0.1) is 0 Å². The van der Waals surface area contributed by atoms with E-state index in [1.807, 2.05) is 7.05 Å². The van der Waals surface area contributed by atoms with Crippen LogP contribution >= 0.6 is 0 Å². The summed E-state index contributed by atoms with van der Waals surface area (Å²) in [6, 6.07) is 0. The van der Waals surface area contributed by atoms with Crippen molar-refractivity contribution >= 4 is 0 Å². The molecule has 0 heterocycles. The van der Waals surface area contributed by atoms with Crippen molar-refractivity contribution < 1.29 is 4.74 Å². The third-order valence-electron chi connectivity index (χ3n) is 2.04. The number of methoxy groups -OCH3 is 1. The predicted molar refractivity (Wildman–Crippen MR) is 57.2 cm³/mol. The van der Waals surface area contributed by atoms with Crippen molar-refractivity contribution in [3.63, 3.8) is 0 Å². The van der Waals surface area contributed by atoms with Crippen molar-refractivity contribution in [1.82, 2.24) is 10.2 Å². The van der Waals surface area contributed by atoms with Crippen molar-refractivity contribution in [2.24, 2.45) is 0 Å². The lowest BCUT2D eigenvalue weighted by atomic mass is 10.3. The maximum Gasteiger partial charge on any atom is 0.0474 e. The lowest BCUT2D eigenvalue weighted by Gasteiger charge is -2.21. The van der Waals surface area contributed by atoms with Crippen LogP contribution in [-0.4, -0.2) is 51.8 Å². The highest BCUT2D eigenvalue weighted by Crippen LogP contribution is 1.93. The standard InChI is InChI=1S/C10H24N2O/c1-4-7-12(9-6-11-2)8-5-10-13-3/h11H,4-10H2,1-3H3. The summed E-state index contributed by atoms with van der Waals surface area (Å²) >= 11 is 0. The molecular formula is C10H24N2O. The summed E-state index contributed by atoms with van der Waals surface area (Å²) in [6.45, 7) is 7.68. The third kappa shape index (κ3) is 8.22. The van der Waals surface area contributed by atoms with E-state index in [1.165, 1.54) is 13.0 Å². The Morgan fingerprint density at radius 1 is 1.23 bits per heavy atom. The van der Waals surface area contributed by atoms with Crippen LogP contribution < -0.4 is 5.32 Å². The van der Waals surface area contributed by atoms with Crippen LogP contribution in [0.15, 0.2) is 0 Å². The summed E-state index contributed by atoms with van der Waals surface area (Å²) in [5.74, 6) is 0. The summed E-state index contributed by atoms with van der Waals surface area (Å²) in [5, 5.41) is 3.17. The lowest BCUT2D eigenvalue weighted by molar-refractivity contribution is 0.172. The summed E-state index contributed by atoms with van der Waals surface area (Å²) in [7, 11) is 3.76. The van der Waals surface area contributed by atoms with Crippen LogP contribution in [0.3, 0.4) is 0 Å². The van der Waals surface area contributed by atoms with Gasteiger partial charge >= 0.3 is 0 Å². The molecule has 0 saturated heterocycles. The molecule has 1 N–H and O–H groups in total. The zero-order valence-electron chi connectivity index (χ0n) is 9.31. The fraction of sp³-hybridized carbons (Fsp3) is 1.00. The Morgan fingerprint density at radius 2 is 2.00 bits per heavy atom. The van der Waals surface area contributed by atoms with Gasteiger partial charge in [0.2, 0.25) is 0 Å². The van der Waals surface area contributed by atoms with E-state index in [4.69, 9.17) is 4.74 Å². The molecule has 80 valence electrons. The van der Waals surface area contributed by atoms with Gasteiger partial charge < -0.3 is 15.0 Å². The van der Waals surface area contributed by atoms with Crippen LogP contribution in [0.25, 0.3) is 0 Å². The number of hydrogen-bond donors (Lipinski definition) is 1. The second-order valence-electron chi connectivity index (χ2n) is 3.29. The highest BCUT2D eigenvalue weighted by molar-refractivity contribution is 4.58. The number of nitrogens with zero attached hydrogens (tertiary/aromatic N) is 1. The molecule has 0 aliphatic heterocycles. The summed E-state index contributed by atoms with van der Waals surface area (Å²) in [6.07, 6.45) is 2.37. The molecular weight excluding hydrogens is 164 g/mol. The fourth-order valence-electron chi connectivity index (χ4n) is 1.35. The van der Waals surface area contributed by atoms with Crippen molar-refractivity contribution in [3.8, 4) is 0 Å². The van der Waals surface area contributed by atoms with Gasteiger partial charge in [0.25, 0.3) is 0 Å². The SMILES string of the molecule is CCCN(CCCOC)CCNC. The Labute approximate surface area is 82.4 Å². The minimum atomic E-state index is 0.875. The maximum absolute atomic E-state index is 5.03. The number of rotatable bonds is 9. The van der Waals surface area contributed by atoms with Gasteiger partial charge in [-0.3, -0.25) is 0 Å². The lowest BCUT2D eigenvalue weighted by Crippen LogP contribution is -2.32. The molecule has 0 aromatic carbocycles. The Bertz CT molecular complexity index is 98.9. The van der Waals surface area contributed by atoms with Crippen molar-refractivity contribution in [2.75, 3.05) is 46.9 Å². The highest BCUT2D eigenvalue weighted by Gasteiger charge is 2.01. The van der Waals surface area contributed by atoms with Crippen LogP contribution in [-0.2, 0) is 4.74 Å². The number of nitrogens with one attached hydrogen (secondary N) is 1. The minimum absolute atomic E-state index is 0.875. The Balaban J connectivity index is 3.41. The fourth-order valence-corrected chi connectivity index (χ4v) is 1.35. The van der Waals surface area contributed by atoms with E-state index in [2.05, 4.69) is 17.1 Å². The van der Waals surface area contributed by atoms with Gasteiger partial charge in [-0.05, 0) is 26.4 Å². The minimum Gasteiger partial charge on any atom is -0.385 e. The quantitative estimate of drug-likeness (QED) is 0.545.